The van der Waals surface area contributed by atoms with Crippen molar-refractivity contribution in [1.29, 1.82) is 0 Å². The van der Waals surface area contributed by atoms with E-state index in [-0.39, 0.29) is 12.6 Å². The van der Waals surface area contributed by atoms with Crippen molar-refractivity contribution >= 4 is 11.6 Å². The van der Waals surface area contributed by atoms with Crippen LogP contribution in [-0.4, -0.2) is 25.0 Å². The Bertz CT molecular complexity index is 802. The Morgan fingerprint density at radius 3 is 2.91 bits per heavy atom. The highest BCUT2D eigenvalue weighted by Gasteiger charge is 2.06. The summed E-state index contributed by atoms with van der Waals surface area (Å²) in [6.07, 6.45) is 3.33. The third-order valence-corrected chi connectivity index (χ3v) is 3.42. The highest BCUT2D eigenvalue weighted by molar-refractivity contribution is 6.31. The van der Waals surface area contributed by atoms with Crippen LogP contribution in [0.4, 0.5) is 0 Å². The first-order valence-electron chi connectivity index (χ1n) is 6.72. The van der Waals surface area contributed by atoms with Crippen LogP contribution in [0.1, 0.15) is 17.0 Å². The summed E-state index contributed by atoms with van der Waals surface area (Å²) < 4.78 is 7.21. The molecule has 0 aliphatic rings. The molecule has 2 aromatic heterocycles. The Morgan fingerprint density at radius 2 is 2.14 bits per heavy atom. The second-order valence-corrected chi connectivity index (χ2v) is 5.28. The molecule has 0 aliphatic carbocycles. The fourth-order valence-corrected chi connectivity index (χ4v) is 1.99. The number of ether oxygens (including phenoxy) is 1. The van der Waals surface area contributed by atoms with Crippen LogP contribution >= 0.6 is 11.6 Å². The van der Waals surface area contributed by atoms with Crippen LogP contribution in [0, 0.1) is 13.8 Å². The normalized spacial score (nSPS) is 10.7. The lowest BCUT2D eigenvalue weighted by atomic mass is 10.2. The van der Waals surface area contributed by atoms with Crippen LogP contribution in [0.2, 0.25) is 5.02 Å². The van der Waals surface area contributed by atoms with Crippen molar-refractivity contribution in [2.24, 2.45) is 0 Å². The van der Waals surface area contributed by atoms with Crippen LogP contribution in [0.15, 0.2) is 36.7 Å². The summed E-state index contributed by atoms with van der Waals surface area (Å²) in [5, 5.41) is 8.69. The van der Waals surface area contributed by atoms with Crippen LogP contribution in [0.25, 0.3) is 5.69 Å². The Labute approximate surface area is 132 Å². The van der Waals surface area contributed by atoms with E-state index in [0.29, 0.717) is 16.4 Å². The van der Waals surface area contributed by atoms with Gasteiger partial charge in [0.1, 0.15) is 12.3 Å². The maximum absolute atomic E-state index is 5.88. The van der Waals surface area contributed by atoms with Gasteiger partial charge in [-0.2, -0.15) is 4.98 Å². The van der Waals surface area contributed by atoms with Crippen molar-refractivity contribution in [2.45, 2.75) is 20.5 Å². The predicted molar refractivity (Wildman–Crippen MR) is 82.2 cm³/mol. The van der Waals surface area contributed by atoms with Gasteiger partial charge in [-0.3, -0.25) is 0 Å². The van der Waals surface area contributed by atoms with Gasteiger partial charge in [-0.25, -0.2) is 9.67 Å². The standard InChI is InChI=1S/C15H14ClN5O/c1-10-4-3-5-13(6-10)21-8-12(19-20-21)9-22-15-17-7-14(16)11(2)18-15/h3-8H,9H2,1-2H3. The average Bonchev–Trinajstić information content (AvgIpc) is 2.97. The molecule has 3 aromatic rings. The molecule has 2 heterocycles. The van der Waals surface area contributed by atoms with Gasteiger partial charge < -0.3 is 4.74 Å². The molecule has 0 atom stereocenters. The molecule has 0 saturated carbocycles. The lowest BCUT2D eigenvalue weighted by molar-refractivity contribution is 0.275. The van der Waals surface area contributed by atoms with Gasteiger partial charge in [-0.1, -0.05) is 28.9 Å². The zero-order chi connectivity index (χ0) is 15.5. The third kappa shape index (κ3) is 3.23. The second-order valence-electron chi connectivity index (χ2n) is 4.87. The summed E-state index contributed by atoms with van der Waals surface area (Å²) in [6.45, 7) is 4.07. The van der Waals surface area contributed by atoms with Crippen LogP contribution < -0.4 is 4.74 Å². The van der Waals surface area contributed by atoms with Crippen molar-refractivity contribution in [1.82, 2.24) is 25.0 Å². The lowest BCUT2D eigenvalue weighted by Gasteiger charge is -2.03. The summed E-state index contributed by atoms with van der Waals surface area (Å²) in [5.41, 5.74) is 3.49. The number of aromatic nitrogens is 5. The van der Waals surface area contributed by atoms with Crippen molar-refractivity contribution in [3.63, 3.8) is 0 Å². The molecular formula is C15H14ClN5O. The molecule has 0 saturated heterocycles. The third-order valence-electron chi connectivity index (χ3n) is 3.05. The summed E-state index contributed by atoms with van der Waals surface area (Å²) in [4.78, 5) is 8.15. The molecule has 0 amide bonds. The number of benzene rings is 1. The van der Waals surface area contributed by atoms with E-state index >= 15 is 0 Å². The number of hydrogen-bond donors (Lipinski definition) is 0. The molecule has 0 radical (unpaired) electrons. The number of halogens is 1. The summed E-state index contributed by atoms with van der Waals surface area (Å²) in [7, 11) is 0. The number of aryl methyl sites for hydroxylation is 2. The topological polar surface area (TPSA) is 65.7 Å². The summed E-state index contributed by atoms with van der Waals surface area (Å²) in [5.74, 6) is 0. The SMILES string of the molecule is Cc1cccc(-n2cc(COc3ncc(Cl)c(C)n3)nn2)c1. The monoisotopic (exact) mass is 315 g/mol. The maximum atomic E-state index is 5.88. The van der Waals surface area contributed by atoms with Gasteiger partial charge in [0.25, 0.3) is 0 Å². The molecule has 0 fully saturated rings. The fraction of sp³-hybridized carbons (Fsp3) is 0.200. The Morgan fingerprint density at radius 1 is 1.27 bits per heavy atom. The maximum Gasteiger partial charge on any atom is 0.317 e. The minimum Gasteiger partial charge on any atom is -0.457 e. The predicted octanol–water partition coefficient (Wildman–Crippen LogP) is 2.91. The zero-order valence-electron chi connectivity index (χ0n) is 12.2. The number of rotatable bonds is 4. The van der Waals surface area contributed by atoms with Gasteiger partial charge in [-0.05, 0) is 31.5 Å². The van der Waals surface area contributed by atoms with E-state index in [1.807, 2.05) is 37.4 Å². The Kier molecular flexibility index (Phi) is 4.02. The van der Waals surface area contributed by atoms with Crippen molar-refractivity contribution in [2.75, 3.05) is 0 Å². The number of nitrogens with zero attached hydrogens (tertiary/aromatic N) is 5. The van der Waals surface area contributed by atoms with Crippen molar-refractivity contribution in [3.05, 3.63) is 58.6 Å². The summed E-state index contributed by atoms with van der Waals surface area (Å²) >= 11 is 5.88. The van der Waals surface area contributed by atoms with Gasteiger partial charge in [0.05, 0.1) is 28.8 Å². The first-order valence-corrected chi connectivity index (χ1v) is 7.10. The van der Waals surface area contributed by atoms with Crippen molar-refractivity contribution in [3.8, 4) is 11.7 Å². The molecule has 0 unspecified atom stereocenters. The van der Waals surface area contributed by atoms with Gasteiger partial charge in [-0.15, -0.1) is 5.10 Å². The van der Waals surface area contributed by atoms with E-state index in [1.54, 1.807) is 11.6 Å². The number of hydrogen-bond acceptors (Lipinski definition) is 5. The highest BCUT2D eigenvalue weighted by atomic mass is 35.5. The van der Waals surface area contributed by atoms with E-state index in [2.05, 4.69) is 20.3 Å². The average molecular weight is 316 g/mol. The van der Waals surface area contributed by atoms with E-state index in [4.69, 9.17) is 16.3 Å². The molecule has 3 rings (SSSR count). The van der Waals surface area contributed by atoms with Gasteiger partial charge in [0, 0.05) is 0 Å². The molecule has 112 valence electrons. The first kappa shape index (κ1) is 14.5. The second kappa shape index (κ2) is 6.11. The minimum atomic E-state index is 0.243. The molecule has 0 aliphatic heterocycles. The molecule has 6 nitrogen and oxygen atoms in total. The van der Waals surface area contributed by atoms with E-state index in [1.165, 1.54) is 6.20 Å². The fourth-order valence-electron chi connectivity index (χ4n) is 1.90. The molecule has 1 aromatic carbocycles. The minimum absolute atomic E-state index is 0.243. The molecule has 7 heteroatoms. The van der Waals surface area contributed by atoms with E-state index < -0.39 is 0 Å². The summed E-state index contributed by atoms with van der Waals surface area (Å²) in [6, 6.07) is 8.28. The molecule has 22 heavy (non-hydrogen) atoms. The Hall–Kier alpha value is -2.47. The molecule has 0 spiro atoms. The van der Waals surface area contributed by atoms with Crippen LogP contribution in [-0.2, 0) is 6.61 Å². The van der Waals surface area contributed by atoms with Gasteiger partial charge in [0.2, 0.25) is 0 Å². The van der Waals surface area contributed by atoms with Gasteiger partial charge in [0.15, 0.2) is 0 Å². The zero-order valence-corrected chi connectivity index (χ0v) is 12.9. The molecular weight excluding hydrogens is 302 g/mol. The smallest absolute Gasteiger partial charge is 0.317 e. The quantitative estimate of drug-likeness (QED) is 0.740. The van der Waals surface area contributed by atoms with Crippen LogP contribution in [0.5, 0.6) is 6.01 Å². The van der Waals surface area contributed by atoms with E-state index in [0.717, 1.165) is 11.3 Å². The van der Waals surface area contributed by atoms with Crippen LogP contribution in [0.3, 0.4) is 0 Å². The lowest BCUT2D eigenvalue weighted by Crippen LogP contribution is -2.01. The van der Waals surface area contributed by atoms with E-state index in [9.17, 15) is 0 Å². The Balaban J connectivity index is 1.70. The van der Waals surface area contributed by atoms with Gasteiger partial charge >= 0.3 is 6.01 Å². The highest BCUT2D eigenvalue weighted by Crippen LogP contribution is 2.14. The largest absolute Gasteiger partial charge is 0.457 e. The molecule has 0 bridgehead atoms. The first-order chi connectivity index (χ1) is 10.6. The molecule has 0 N–H and O–H groups in total. The van der Waals surface area contributed by atoms with Crippen molar-refractivity contribution < 1.29 is 4.74 Å².